The maximum Gasteiger partial charge on any atom is 0.250 e. The van der Waals surface area contributed by atoms with Crippen molar-refractivity contribution in [2.75, 3.05) is 13.1 Å². The normalized spacial score (nSPS) is 26.8. The molecule has 2 aliphatic rings. The number of primary amides is 1. The molecule has 1 aliphatic heterocycles. The van der Waals surface area contributed by atoms with E-state index in [-0.39, 0.29) is 16.9 Å². The molecular formula is C23H26N4O2. The first kappa shape index (κ1) is 18.3. The van der Waals surface area contributed by atoms with Crippen LogP contribution in [0, 0.1) is 5.41 Å². The maximum atomic E-state index is 11.7. The molecule has 4 N–H and O–H groups in total. The lowest BCUT2D eigenvalue weighted by atomic mass is 9.77. The number of nitrogens with one attached hydrogen (secondary N) is 1. The third-order valence-electron chi connectivity index (χ3n) is 7.13. The third kappa shape index (κ3) is 2.56. The van der Waals surface area contributed by atoms with Crippen LogP contribution in [0.15, 0.2) is 48.7 Å². The number of carbonyl (C=O) groups is 1. The Hall–Kier alpha value is -2.70. The first-order valence-electron chi connectivity index (χ1n) is 10.3. The van der Waals surface area contributed by atoms with Gasteiger partial charge in [0.2, 0.25) is 0 Å². The van der Waals surface area contributed by atoms with Gasteiger partial charge in [-0.15, -0.1) is 0 Å². The molecule has 0 bridgehead atoms. The summed E-state index contributed by atoms with van der Waals surface area (Å²) in [6.07, 6.45) is 4.51. The molecule has 5 rings (SSSR count). The smallest absolute Gasteiger partial charge is 0.250 e. The number of rotatable bonds is 5. The van der Waals surface area contributed by atoms with Crippen LogP contribution in [-0.4, -0.2) is 40.0 Å². The van der Waals surface area contributed by atoms with Crippen molar-refractivity contribution in [3.05, 3.63) is 59.8 Å². The molecule has 0 radical (unpaired) electrons. The highest BCUT2D eigenvalue weighted by Gasteiger charge is 2.71. The molecule has 3 atom stereocenters. The third-order valence-corrected chi connectivity index (χ3v) is 7.13. The topological polar surface area (TPSA) is 93.2 Å². The summed E-state index contributed by atoms with van der Waals surface area (Å²) < 4.78 is 1.79. The second-order valence-electron chi connectivity index (χ2n) is 8.49. The van der Waals surface area contributed by atoms with E-state index < -0.39 is 5.91 Å². The molecule has 3 aromatic rings. The van der Waals surface area contributed by atoms with Crippen molar-refractivity contribution >= 4 is 16.8 Å². The zero-order chi connectivity index (χ0) is 20.2. The van der Waals surface area contributed by atoms with E-state index in [2.05, 4.69) is 41.6 Å². The van der Waals surface area contributed by atoms with Crippen LogP contribution in [0.2, 0.25) is 0 Å². The molecule has 1 aliphatic carbocycles. The van der Waals surface area contributed by atoms with Crippen molar-refractivity contribution in [2.24, 2.45) is 11.1 Å². The number of nitrogens with zero attached hydrogens (tertiary/aromatic N) is 2. The quantitative estimate of drug-likeness (QED) is 0.624. The Labute approximate surface area is 169 Å². The molecule has 2 fully saturated rings. The van der Waals surface area contributed by atoms with Gasteiger partial charge >= 0.3 is 0 Å². The van der Waals surface area contributed by atoms with Crippen LogP contribution in [-0.2, 0) is 5.41 Å². The summed E-state index contributed by atoms with van der Waals surface area (Å²) >= 11 is 0. The average molecular weight is 390 g/mol. The lowest BCUT2D eigenvalue weighted by molar-refractivity contribution is 0.0631. The van der Waals surface area contributed by atoms with Crippen molar-refractivity contribution in [1.29, 1.82) is 0 Å². The monoisotopic (exact) mass is 390 g/mol. The lowest BCUT2D eigenvalue weighted by Crippen LogP contribution is -2.44. The molecule has 1 aromatic heterocycles. The van der Waals surface area contributed by atoms with Crippen LogP contribution in [0.1, 0.15) is 42.1 Å². The number of aromatic nitrogens is 2. The van der Waals surface area contributed by atoms with Crippen molar-refractivity contribution in [2.45, 2.75) is 37.7 Å². The average Bonchev–Trinajstić information content (AvgIpc) is 3.28. The van der Waals surface area contributed by atoms with E-state index in [0.717, 1.165) is 43.4 Å². The molecule has 6 nitrogen and oxygen atoms in total. The summed E-state index contributed by atoms with van der Waals surface area (Å²) in [4.78, 5) is 11.7. The highest BCUT2D eigenvalue weighted by molar-refractivity contribution is 6.04. The van der Waals surface area contributed by atoms with E-state index in [0.29, 0.717) is 11.1 Å². The first-order valence-corrected chi connectivity index (χ1v) is 10.3. The summed E-state index contributed by atoms with van der Waals surface area (Å²) in [6, 6.07) is 13.9. The minimum absolute atomic E-state index is 0.0434. The Morgan fingerprint density at radius 3 is 2.83 bits per heavy atom. The summed E-state index contributed by atoms with van der Waals surface area (Å²) in [5.41, 5.74) is 8.80. The van der Waals surface area contributed by atoms with Gasteiger partial charge in [0, 0.05) is 29.0 Å². The molecule has 6 heteroatoms. The van der Waals surface area contributed by atoms with E-state index in [1.54, 1.807) is 10.7 Å². The fourth-order valence-electron chi connectivity index (χ4n) is 5.47. The molecule has 1 saturated carbocycles. The van der Waals surface area contributed by atoms with Crippen molar-refractivity contribution in [3.63, 3.8) is 0 Å². The standard InChI is InChI=1S/C23H26N4O2/c1-2-19(28)23-13-22(23,10-11-25-14-23)16-6-8-17(9-7-16)27-12-15-4-3-5-18(21(24)29)20(15)26-27/h3-9,12,19,25,28H,2,10-11,13-14H2,1H3,(H2,24,29). The van der Waals surface area contributed by atoms with E-state index in [1.807, 2.05) is 18.3 Å². The molecule has 2 aromatic carbocycles. The second-order valence-corrected chi connectivity index (χ2v) is 8.49. The zero-order valence-corrected chi connectivity index (χ0v) is 16.6. The molecular weight excluding hydrogens is 364 g/mol. The van der Waals surface area contributed by atoms with Gasteiger partial charge in [-0.05, 0) is 49.6 Å². The number of hydrogen-bond donors (Lipinski definition) is 3. The van der Waals surface area contributed by atoms with Gasteiger partial charge in [-0.2, -0.15) is 5.10 Å². The Balaban J connectivity index is 1.49. The second kappa shape index (κ2) is 6.40. The molecule has 0 spiro atoms. The number of hydrogen-bond acceptors (Lipinski definition) is 4. The Kier molecular flexibility index (Phi) is 4.05. The molecule has 29 heavy (non-hydrogen) atoms. The van der Waals surface area contributed by atoms with Crippen LogP contribution in [0.5, 0.6) is 0 Å². The Morgan fingerprint density at radius 2 is 2.10 bits per heavy atom. The van der Waals surface area contributed by atoms with E-state index >= 15 is 0 Å². The van der Waals surface area contributed by atoms with Crippen molar-refractivity contribution < 1.29 is 9.90 Å². The Morgan fingerprint density at radius 1 is 1.31 bits per heavy atom. The number of carbonyl (C=O) groups excluding carboxylic acids is 1. The summed E-state index contributed by atoms with van der Waals surface area (Å²) in [6.45, 7) is 3.92. The van der Waals surface area contributed by atoms with Crippen molar-refractivity contribution in [3.8, 4) is 5.69 Å². The van der Waals surface area contributed by atoms with Gasteiger partial charge < -0.3 is 16.2 Å². The molecule has 1 saturated heterocycles. The Bertz CT molecular complexity index is 1090. The van der Waals surface area contributed by atoms with Gasteiger partial charge in [-0.3, -0.25) is 4.79 Å². The number of fused-ring (bicyclic) bond motifs is 2. The molecule has 1 amide bonds. The van der Waals surface area contributed by atoms with Crippen LogP contribution in [0.25, 0.3) is 16.6 Å². The molecule has 2 heterocycles. The lowest BCUT2D eigenvalue weighted by Gasteiger charge is -2.34. The largest absolute Gasteiger partial charge is 0.392 e. The number of benzene rings is 2. The fourth-order valence-corrected chi connectivity index (χ4v) is 5.47. The molecule has 3 unspecified atom stereocenters. The van der Waals surface area contributed by atoms with Gasteiger partial charge in [0.25, 0.3) is 5.91 Å². The number of aliphatic hydroxyl groups is 1. The van der Waals surface area contributed by atoms with E-state index in [9.17, 15) is 9.90 Å². The van der Waals surface area contributed by atoms with Crippen LogP contribution in [0.4, 0.5) is 0 Å². The first-order chi connectivity index (χ1) is 14.0. The molecule has 150 valence electrons. The van der Waals surface area contributed by atoms with Gasteiger partial charge in [0.05, 0.1) is 17.4 Å². The highest BCUT2D eigenvalue weighted by atomic mass is 16.3. The van der Waals surface area contributed by atoms with Gasteiger partial charge in [0.1, 0.15) is 5.52 Å². The maximum absolute atomic E-state index is 11.7. The van der Waals surface area contributed by atoms with Crippen LogP contribution < -0.4 is 11.1 Å². The van der Waals surface area contributed by atoms with E-state index in [1.165, 1.54) is 5.56 Å². The van der Waals surface area contributed by atoms with Gasteiger partial charge in [-0.1, -0.05) is 31.2 Å². The van der Waals surface area contributed by atoms with Crippen LogP contribution in [0.3, 0.4) is 0 Å². The zero-order valence-electron chi connectivity index (χ0n) is 16.6. The number of nitrogens with two attached hydrogens (primary N) is 1. The fraction of sp³-hybridized carbons (Fsp3) is 0.391. The minimum Gasteiger partial charge on any atom is -0.392 e. The van der Waals surface area contributed by atoms with E-state index in [4.69, 9.17) is 5.73 Å². The summed E-state index contributed by atoms with van der Waals surface area (Å²) in [7, 11) is 0. The minimum atomic E-state index is -0.472. The van der Waals surface area contributed by atoms with Crippen LogP contribution >= 0.6 is 0 Å². The predicted octanol–water partition coefficient (Wildman–Crippen LogP) is 2.52. The summed E-state index contributed by atoms with van der Waals surface area (Å²) in [5.74, 6) is -0.472. The predicted molar refractivity (Wildman–Crippen MR) is 112 cm³/mol. The number of piperidine rings is 1. The number of amides is 1. The number of aliphatic hydroxyl groups excluding tert-OH is 1. The van der Waals surface area contributed by atoms with Crippen molar-refractivity contribution in [1.82, 2.24) is 15.1 Å². The summed E-state index contributed by atoms with van der Waals surface area (Å²) in [5, 5.41) is 19.7. The highest BCUT2D eigenvalue weighted by Crippen LogP contribution is 2.69. The SMILES string of the molecule is CCC(O)C12CNCCC1(c1ccc(-n3cc4cccc(C(N)=O)c4n3)cc1)C2. The van der Waals surface area contributed by atoms with Gasteiger partial charge in [-0.25, -0.2) is 4.68 Å². The van der Waals surface area contributed by atoms with Gasteiger partial charge in [0.15, 0.2) is 0 Å².